The minimum Gasteiger partial charge on any atom is -0.492 e. The minimum absolute atomic E-state index is 0.0632. The van der Waals surface area contributed by atoms with Crippen LogP contribution in [0.25, 0.3) is 6.08 Å². The van der Waals surface area contributed by atoms with Crippen LogP contribution in [0.15, 0.2) is 30.0 Å². The average Bonchev–Trinajstić information content (AvgIpc) is 3.10. The fourth-order valence-electron chi connectivity index (χ4n) is 4.13. The van der Waals surface area contributed by atoms with Crippen LogP contribution in [-0.4, -0.2) is 51.4 Å². The first-order valence-corrected chi connectivity index (χ1v) is 10.4. The molecule has 0 spiro atoms. The summed E-state index contributed by atoms with van der Waals surface area (Å²) in [6.45, 7) is 3.83. The molecular formula is C22H26N4O4. The highest BCUT2D eigenvalue weighted by Crippen LogP contribution is 2.31. The van der Waals surface area contributed by atoms with Gasteiger partial charge in [-0.25, -0.2) is 9.55 Å². The zero-order valence-electron chi connectivity index (χ0n) is 17.2. The summed E-state index contributed by atoms with van der Waals surface area (Å²) in [6.07, 6.45) is 8.46. The van der Waals surface area contributed by atoms with E-state index in [0.29, 0.717) is 30.0 Å². The highest BCUT2D eigenvalue weighted by molar-refractivity contribution is 6.15. The number of fused-ring (bicyclic) bond motifs is 1. The Kier molecular flexibility index (Phi) is 5.94. The third-order valence-electron chi connectivity index (χ3n) is 5.86. The van der Waals surface area contributed by atoms with Crippen LogP contribution in [-0.2, 0) is 13.5 Å². The van der Waals surface area contributed by atoms with Crippen LogP contribution in [0.2, 0.25) is 0 Å². The van der Waals surface area contributed by atoms with Crippen LogP contribution in [0.5, 0.6) is 5.75 Å². The molecule has 1 saturated heterocycles. The summed E-state index contributed by atoms with van der Waals surface area (Å²) < 4.78 is 7.32. The second kappa shape index (κ2) is 8.79. The summed E-state index contributed by atoms with van der Waals surface area (Å²) in [5, 5.41) is 11.0. The first-order valence-electron chi connectivity index (χ1n) is 10.4. The van der Waals surface area contributed by atoms with Gasteiger partial charge in [0.1, 0.15) is 18.6 Å². The first kappa shape index (κ1) is 20.3. The van der Waals surface area contributed by atoms with Gasteiger partial charge in [-0.1, -0.05) is 12.8 Å². The molecule has 30 heavy (non-hydrogen) atoms. The van der Waals surface area contributed by atoms with E-state index in [2.05, 4.69) is 9.88 Å². The van der Waals surface area contributed by atoms with Crippen LogP contribution in [0.3, 0.4) is 0 Å². The summed E-state index contributed by atoms with van der Waals surface area (Å²) >= 11 is 0. The van der Waals surface area contributed by atoms with Crippen LogP contribution in [0, 0.1) is 10.1 Å². The lowest BCUT2D eigenvalue weighted by Crippen LogP contribution is -2.29. The molecule has 0 atom stereocenters. The Bertz CT molecular complexity index is 987. The number of nitro groups is 1. The van der Waals surface area contributed by atoms with Crippen LogP contribution >= 0.6 is 0 Å². The van der Waals surface area contributed by atoms with Gasteiger partial charge in [0.05, 0.1) is 7.05 Å². The highest BCUT2D eigenvalue weighted by Gasteiger charge is 2.27. The van der Waals surface area contributed by atoms with E-state index in [1.165, 1.54) is 36.4 Å². The summed E-state index contributed by atoms with van der Waals surface area (Å²) in [5.41, 5.74) is 2.15. The van der Waals surface area contributed by atoms with E-state index >= 15 is 0 Å². The molecule has 0 amide bonds. The van der Waals surface area contributed by atoms with E-state index in [4.69, 9.17) is 4.74 Å². The first-order chi connectivity index (χ1) is 14.5. The van der Waals surface area contributed by atoms with Crippen molar-refractivity contribution < 1.29 is 14.5 Å². The Labute approximate surface area is 175 Å². The zero-order chi connectivity index (χ0) is 21.1. The number of rotatable bonds is 6. The summed E-state index contributed by atoms with van der Waals surface area (Å²) in [4.78, 5) is 29.8. The fraction of sp³-hybridized carbons (Fsp3) is 0.455. The number of imidazole rings is 1. The number of allylic oxidation sites excluding steroid dienone is 1. The Morgan fingerprint density at radius 3 is 2.70 bits per heavy atom. The zero-order valence-corrected chi connectivity index (χ0v) is 17.2. The van der Waals surface area contributed by atoms with Crippen molar-refractivity contribution in [3.8, 4) is 5.75 Å². The molecular weight excluding hydrogens is 384 g/mol. The molecule has 0 N–H and O–H groups in total. The SMILES string of the molecule is Cn1c([N+](=O)[O-])cnc1C=C1Cc2cc(OCCN3CCCCCC3)ccc2C1=O. The molecule has 8 nitrogen and oxygen atoms in total. The highest BCUT2D eigenvalue weighted by atomic mass is 16.6. The molecule has 8 heteroatoms. The maximum atomic E-state index is 12.7. The molecule has 4 rings (SSSR count). The number of likely N-dealkylation sites (tertiary alicyclic amines) is 1. The number of aromatic nitrogens is 2. The van der Waals surface area contributed by atoms with Gasteiger partial charge < -0.3 is 14.9 Å². The Morgan fingerprint density at radius 2 is 2.00 bits per heavy atom. The molecule has 1 aliphatic carbocycles. The van der Waals surface area contributed by atoms with Crippen LogP contribution in [0.1, 0.15) is 47.4 Å². The molecule has 2 aliphatic rings. The topological polar surface area (TPSA) is 90.5 Å². The summed E-state index contributed by atoms with van der Waals surface area (Å²) in [6, 6.07) is 5.58. The Balaban J connectivity index is 1.41. The molecule has 0 saturated carbocycles. The lowest BCUT2D eigenvalue weighted by atomic mass is 10.1. The molecule has 0 bridgehead atoms. The Hall–Kier alpha value is -3.00. The molecule has 2 heterocycles. The largest absolute Gasteiger partial charge is 0.492 e. The van der Waals surface area contributed by atoms with E-state index in [0.717, 1.165) is 30.9 Å². The van der Waals surface area contributed by atoms with Crippen molar-refractivity contribution >= 4 is 17.7 Å². The van der Waals surface area contributed by atoms with Gasteiger partial charge in [0.2, 0.25) is 5.82 Å². The lowest BCUT2D eigenvalue weighted by Gasteiger charge is -2.19. The van der Waals surface area contributed by atoms with Gasteiger partial charge in [-0.05, 0) is 54.6 Å². The number of ether oxygens (including phenoxy) is 1. The minimum atomic E-state index is -0.491. The van der Waals surface area contributed by atoms with Gasteiger partial charge in [0, 0.05) is 30.2 Å². The molecule has 0 unspecified atom stereocenters. The smallest absolute Gasteiger partial charge is 0.342 e. The van der Waals surface area contributed by atoms with Crippen molar-refractivity contribution in [2.75, 3.05) is 26.2 Å². The standard InChI is InChI=1S/C22H26N4O4/c1-24-20(23-15-21(24)26(28)29)14-17-12-16-13-18(6-7-19(16)22(17)27)30-11-10-25-8-4-2-3-5-9-25/h6-7,13-15H,2-5,8-12H2,1H3. The van der Waals surface area contributed by atoms with Crippen LogP contribution in [0.4, 0.5) is 5.82 Å². The van der Waals surface area contributed by atoms with E-state index in [1.807, 2.05) is 12.1 Å². The predicted octanol–water partition coefficient (Wildman–Crippen LogP) is 3.41. The number of hydrogen-bond acceptors (Lipinski definition) is 6. The van der Waals surface area contributed by atoms with E-state index < -0.39 is 4.92 Å². The van der Waals surface area contributed by atoms with Crippen molar-refractivity contribution in [2.24, 2.45) is 7.05 Å². The van der Waals surface area contributed by atoms with Gasteiger partial charge in [0.15, 0.2) is 5.78 Å². The quantitative estimate of drug-likeness (QED) is 0.412. The van der Waals surface area contributed by atoms with Crippen LogP contribution < -0.4 is 4.74 Å². The van der Waals surface area contributed by atoms with Crippen molar-refractivity contribution in [1.82, 2.24) is 14.5 Å². The molecule has 1 fully saturated rings. The third-order valence-corrected chi connectivity index (χ3v) is 5.86. The third kappa shape index (κ3) is 4.28. The number of Topliss-reactive ketones (excluding diaryl/α,β-unsaturated/α-hetero) is 1. The van der Waals surface area contributed by atoms with Gasteiger partial charge in [-0.15, -0.1) is 0 Å². The number of nitrogens with zero attached hydrogens (tertiary/aromatic N) is 4. The van der Waals surface area contributed by atoms with E-state index in [-0.39, 0.29) is 11.6 Å². The van der Waals surface area contributed by atoms with Crippen molar-refractivity contribution in [3.63, 3.8) is 0 Å². The molecule has 0 radical (unpaired) electrons. The number of hydrogen-bond donors (Lipinski definition) is 0. The van der Waals surface area contributed by atoms with Crippen molar-refractivity contribution in [2.45, 2.75) is 32.1 Å². The maximum absolute atomic E-state index is 12.7. The average molecular weight is 410 g/mol. The normalized spacial score (nSPS) is 18.4. The monoisotopic (exact) mass is 410 g/mol. The summed E-state index contributed by atoms with van der Waals surface area (Å²) in [7, 11) is 1.57. The predicted molar refractivity (Wildman–Crippen MR) is 113 cm³/mol. The molecule has 1 aromatic carbocycles. The van der Waals surface area contributed by atoms with Crippen molar-refractivity contribution in [1.29, 1.82) is 0 Å². The van der Waals surface area contributed by atoms with Gasteiger partial charge in [-0.2, -0.15) is 0 Å². The van der Waals surface area contributed by atoms with Gasteiger partial charge in [-0.3, -0.25) is 9.69 Å². The fourth-order valence-corrected chi connectivity index (χ4v) is 4.13. The number of carbonyl (C=O) groups is 1. The van der Waals surface area contributed by atoms with Gasteiger partial charge in [0.25, 0.3) is 0 Å². The lowest BCUT2D eigenvalue weighted by molar-refractivity contribution is -0.391. The number of ketones is 1. The van der Waals surface area contributed by atoms with Crippen molar-refractivity contribution in [3.05, 3.63) is 57.0 Å². The van der Waals surface area contributed by atoms with E-state index in [9.17, 15) is 14.9 Å². The van der Waals surface area contributed by atoms with Gasteiger partial charge >= 0.3 is 5.82 Å². The molecule has 1 aromatic heterocycles. The molecule has 1 aliphatic heterocycles. The molecule has 158 valence electrons. The van der Waals surface area contributed by atoms with E-state index in [1.54, 1.807) is 19.2 Å². The maximum Gasteiger partial charge on any atom is 0.342 e. The Morgan fingerprint density at radius 1 is 1.23 bits per heavy atom. The second-order valence-electron chi connectivity index (χ2n) is 7.89. The summed E-state index contributed by atoms with van der Waals surface area (Å²) in [5.74, 6) is 0.994. The molecule has 2 aromatic rings. The second-order valence-corrected chi connectivity index (χ2v) is 7.89. The number of benzene rings is 1. The number of carbonyl (C=O) groups excluding carboxylic acids is 1.